The molecule has 0 radical (unpaired) electrons. The molecule has 6 aromatic rings. The monoisotopic (exact) mass is 639 g/mol. The van der Waals surface area contributed by atoms with Crippen molar-refractivity contribution in [1.29, 1.82) is 0 Å². The van der Waals surface area contributed by atoms with Crippen molar-refractivity contribution in [3.05, 3.63) is 223 Å². The number of hydrogen-bond acceptors (Lipinski definition) is 1. The van der Waals surface area contributed by atoms with Gasteiger partial charge in [-0.25, -0.2) is 4.99 Å². The van der Waals surface area contributed by atoms with E-state index in [1.54, 1.807) is 0 Å². The Hall–Kier alpha value is -4.93. The van der Waals surface area contributed by atoms with Gasteiger partial charge < -0.3 is 0 Å². The molecule has 0 unspecified atom stereocenters. The van der Waals surface area contributed by atoms with Crippen LogP contribution in [-0.4, -0.2) is 5.45 Å². The van der Waals surface area contributed by atoms with Crippen molar-refractivity contribution in [3.8, 4) is 0 Å². The first-order valence-electron chi connectivity index (χ1n) is 16.0. The minimum atomic E-state index is -0.943. The van der Waals surface area contributed by atoms with Gasteiger partial charge >= 0.3 is 0 Å². The van der Waals surface area contributed by atoms with E-state index in [-0.39, 0.29) is 0 Å². The number of benzene rings is 6. The van der Waals surface area contributed by atoms with Crippen molar-refractivity contribution in [1.82, 2.24) is 0 Å². The summed E-state index contributed by atoms with van der Waals surface area (Å²) in [5, 5.41) is 6.59. The molecule has 1 aliphatic rings. The fourth-order valence-electron chi connectivity index (χ4n) is 5.96. The van der Waals surface area contributed by atoms with Crippen LogP contribution < -0.4 is 21.2 Å². The third-order valence-electron chi connectivity index (χ3n) is 8.11. The molecule has 0 saturated heterocycles. The molecule has 0 heterocycles. The highest BCUT2D eigenvalue weighted by molar-refractivity contribution is 7.88. The predicted octanol–water partition coefficient (Wildman–Crippen LogP) is 9.95. The lowest BCUT2D eigenvalue weighted by Crippen LogP contribution is -2.19. The molecule has 0 atom stereocenters. The molecular formula is C44H35NP2. The van der Waals surface area contributed by atoms with Gasteiger partial charge in [0, 0.05) is 13.5 Å². The predicted molar refractivity (Wildman–Crippen MR) is 206 cm³/mol. The summed E-state index contributed by atoms with van der Waals surface area (Å²) in [6, 6.07) is 65.5. The molecule has 1 aliphatic carbocycles. The molecule has 1 nitrogen and oxygen atoms in total. The maximum atomic E-state index is 5.76. The highest BCUT2D eigenvalue weighted by atomic mass is 31.1. The molecule has 0 saturated carbocycles. The van der Waals surface area contributed by atoms with Crippen molar-refractivity contribution in [2.24, 2.45) is 4.99 Å². The second kappa shape index (κ2) is 15.1. The van der Waals surface area contributed by atoms with Gasteiger partial charge in [0.25, 0.3) is 0 Å². The lowest BCUT2D eigenvalue weighted by molar-refractivity contribution is 1.17. The number of nitrogens with zero attached hydrogens (tertiary/aromatic N) is 1. The van der Waals surface area contributed by atoms with Gasteiger partial charge in [-0.3, -0.25) is 0 Å². The zero-order chi connectivity index (χ0) is 31.7. The summed E-state index contributed by atoms with van der Waals surface area (Å²) in [4.78, 5) is 5.76. The highest BCUT2D eigenvalue weighted by Gasteiger charge is 2.28. The van der Waals surface area contributed by atoms with Crippen molar-refractivity contribution in [3.63, 3.8) is 0 Å². The first-order valence-corrected chi connectivity index (χ1v) is 18.7. The fourth-order valence-corrected chi connectivity index (χ4v) is 10.9. The van der Waals surface area contributed by atoms with Crippen LogP contribution in [0.2, 0.25) is 0 Å². The molecule has 0 amide bonds. The summed E-state index contributed by atoms with van der Waals surface area (Å²) in [6.45, 7) is 0. The van der Waals surface area contributed by atoms with E-state index in [9.17, 15) is 0 Å². The first-order chi connectivity index (χ1) is 23.4. The Bertz CT molecular complexity index is 1940. The highest BCUT2D eigenvalue weighted by Crippen LogP contribution is 2.53. The number of aliphatic imine (C=N–C) groups is 1. The normalized spacial score (nSPS) is 14.3. The summed E-state index contributed by atoms with van der Waals surface area (Å²) in [5.74, 6) is 0. The van der Waals surface area contributed by atoms with Crippen LogP contribution in [0.3, 0.4) is 0 Å². The van der Waals surface area contributed by atoms with Crippen molar-refractivity contribution >= 4 is 47.8 Å². The van der Waals surface area contributed by atoms with Gasteiger partial charge in [0.15, 0.2) is 0 Å². The molecule has 47 heavy (non-hydrogen) atoms. The maximum Gasteiger partial charge on any atom is 0.0800 e. The Morgan fingerprint density at radius 1 is 0.426 bits per heavy atom. The van der Waals surface area contributed by atoms with Crippen LogP contribution in [0.15, 0.2) is 216 Å². The summed E-state index contributed by atoms with van der Waals surface area (Å²) < 4.78 is 0. The second-order valence-electron chi connectivity index (χ2n) is 11.2. The molecule has 0 N–H and O–H groups in total. The van der Waals surface area contributed by atoms with E-state index in [1.807, 2.05) is 0 Å². The van der Waals surface area contributed by atoms with E-state index in [4.69, 9.17) is 4.99 Å². The van der Waals surface area contributed by atoms with Crippen LogP contribution in [0, 0.1) is 0 Å². The number of allylic oxidation sites excluding steroid dienone is 4. The van der Waals surface area contributed by atoms with Gasteiger partial charge in [-0.1, -0.05) is 194 Å². The van der Waals surface area contributed by atoms with Crippen LogP contribution in [0.1, 0.15) is 17.5 Å². The van der Waals surface area contributed by atoms with Gasteiger partial charge in [-0.05, 0) is 58.1 Å². The fraction of sp³-hybridized carbons (Fsp3) is 0.0227. The second-order valence-corrected chi connectivity index (χ2v) is 15.5. The molecule has 0 spiro atoms. The van der Waals surface area contributed by atoms with E-state index in [0.717, 1.165) is 23.1 Å². The smallest absolute Gasteiger partial charge is 0.0800 e. The molecule has 6 aromatic carbocycles. The van der Waals surface area contributed by atoms with Gasteiger partial charge in [0.2, 0.25) is 0 Å². The zero-order valence-corrected chi connectivity index (χ0v) is 27.9. The molecule has 7 rings (SSSR count). The Kier molecular flexibility index (Phi) is 9.87. The topological polar surface area (TPSA) is 12.4 Å². The van der Waals surface area contributed by atoms with Gasteiger partial charge in [-0.2, -0.15) is 0 Å². The molecule has 226 valence electrons. The third-order valence-corrected chi connectivity index (χ3v) is 13.1. The van der Waals surface area contributed by atoms with E-state index >= 15 is 0 Å². The standard InChI is InChI=1S/C44H35NP2/c1-7-21-35(22-8-1)43(46(37-25-11-3-12-26-37)38-27-13-4-14-28-38)41-33-19-20-34-42(41)45-44(36-23-9-2-10-24-36)47(39-29-15-5-16-30-39)40-31-17-6-18-32-40/h1-32,34H,33H2. The van der Waals surface area contributed by atoms with Crippen LogP contribution >= 0.6 is 15.8 Å². The van der Waals surface area contributed by atoms with Crippen LogP contribution in [0.25, 0.3) is 5.31 Å². The number of rotatable bonds is 9. The summed E-state index contributed by atoms with van der Waals surface area (Å²) in [6.07, 6.45) is 7.49. The van der Waals surface area contributed by atoms with Crippen molar-refractivity contribution in [2.45, 2.75) is 6.42 Å². The third kappa shape index (κ3) is 7.08. The number of hydrogen-bond donors (Lipinski definition) is 0. The molecule has 0 fully saturated rings. The molecule has 0 aliphatic heterocycles. The minimum absolute atomic E-state index is 0.814. The summed E-state index contributed by atoms with van der Waals surface area (Å²) in [7, 11) is -1.82. The summed E-state index contributed by atoms with van der Waals surface area (Å²) >= 11 is 0. The quantitative estimate of drug-likeness (QED) is 0.110. The van der Waals surface area contributed by atoms with Crippen molar-refractivity contribution in [2.75, 3.05) is 0 Å². The van der Waals surface area contributed by atoms with Gasteiger partial charge in [-0.15, -0.1) is 0 Å². The maximum absolute atomic E-state index is 5.76. The lowest BCUT2D eigenvalue weighted by Gasteiger charge is -2.28. The molecule has 0 aromatic heterocycles. The average Bonchev–Trinajstić information content (AvgIpc) is 3.16. The van der Waals surface area contributed by atoms with Crippen molar-refractivity contribution < 1.29 is 0 Å². The SMILES string of the molecule is C1=CCC(=C(c2ccccc2)P(c2ccccc2)c2ccccc2)C(N=C(c2ccccc2)P(c2ccccc2)c2ccccc2)=C1. The van der Waals surface area contributed by atoms with E-state index in [2.05, 4.69) is 200 Å². The van der Waals surface area contributed by atoms with Crippen LogP contribution in [0.5, 0.6) is 0 Å². The average molecular weight is 640 g/mol. The van der Waals surface area contributed by atoms with Crippen LogP contribution in [0.4, 0.5) is 0 Å². The zero-order valence-electron chi connectivity index (χ0n) is 26.1. The van der Waals surface area contributed by atoms with E-state index < -0.39 is 15.8 Å². The van der Waals surface area contributed by atoms with Gasteiger partial charge in [0.05, 0.1) is 11.1 Å². The van der Waals surface area contributed by atoms with E-state index in [1.165, 1.54) is 37.7 Å². The summed E-state index contributed by atoms with van der Waals surface area (Å²) in [5.41, 5.74) is 5.81. The van der Waals surface area contributed by atoms with Crippen LogP contribution in [-0.2, 0) is 0 Å². The Balaban J connectivity index is 1.51. The first kappa shape index (κ1) is 30.7. The Morgan fingerprint density at radius 2 is 0.809 bits per heavy atom. The molecule has 0 bridgehead atoms. The molecule has 3 heteroatoms. The van der Waals surface area contributed by atoms with E-state index in [0.29, 0.717) is 0 Å². The Labute approximate surface area is 280 Å². The minimum Gasteiger partial charge on any atom is -0.247 e. The van der Waals surface area contributed by atoms with Gasteiger partial charge in [0.1, 0.15) is 0 Å². The molecular weight excluding hydrogens is 604 g/mol. The Morgan fingerprint density at radius 3 is 1.26 bits per heavy atom. The largest absolute Gasteiger partial charge is 0.247 e. The lowest BCUT2D eigenvalue weighted by atomic mass is 10.0.